The van der Waals surface area contributed by atoms with E-state index in [4.69, 9.17) is 10.5 Å². The number of carbonyl (C=O) groups is 2. The molecular weight excluding hydrogens is 425 g/mol. The van der Waals surface area contributed by atoms with Crippen LogP contribution in [0.15, 0.2) is 48.7 Å². The Morgan fingerprint density at radius 3 is 2.44 bits per heavy atom. The number of halogens is 3. The van der Waals surface area contributed by atoms with Gasteiger partial charge >= 0.3 is 6.18 Å². The van der Waals surface area contributed by atoms with Crippen LogP contribution in [0.25, 0.3) is 6.08 Å². The van der Waals surface area contributed by atoms with Gasteiger partial charge in [-0.25, -0.2) is 4.98 Å². The lowest BCUT2D eigenvalue weighted by Gasteiger charge is -2.22. The lowest BCUT2D eigenvalue weighted by Crippen LogP contribution is -2.34. The molecule has 0 spiro atoms. The Hall–Kier alpha value is -3.56. The number of rotatable bonds is 6. The van der Waals surface area contributed by atoms with Crippen molar-refractivity contribution >= 4 is 23.7 Å². The van der Waals surface area contributed by atoms with E-state index in [0.717, 1.165) is 17.8 Å². The molecule has 0 aliphatic carbocycles. The number of alkyl halides is 3. The number of aromatic nitrogens is 1. The Balaban J connectivity index is 1.54. The van der Waals surface area contributed by atoms with Crippen molar-refractivity contribution in [3.63, 3.8) is 0 Å². The highest BCUT2D eigenvalue weighted by molar-refractivity contribution is 5.91. The molecular formula is C22H23F3N4O3. The van der Waals surface area contributed by atoms with Gasteiger partial charge < -0.3 is 20.3 Å². The first-order valence-electron chi connectivity index (χ1n) is 9.99. The smallest absolute Gasteiger partial charge is 0.417 e. The minimum atomic E-state index is -4.42. The van der Waals surface area contributed by atoms with E-state index in [0.29, 0.717) is 44.2 Å². The van der Waals surface area contributed by atoms with Gasteiger partial charge in [0.1, 0.15) is 11.6 Å². The summed E-state index contributed by atoms with van der Waals surface area (Å²) in [5.74, 6) is 0.240. The first kappa shape index (κ1) is 23.1. The van der Waals surface area contributed by atoms with E-state index in [2.05, 4.69) is 4.98 Å². The van der Waals surface area contributed by atoms with E-state index in [1.807, 2.05) is 4.90 Å². The number of hydrogen-bond donors (Lipinski definition) is 1. The van der Waals surface area contributed by atoms with Gasteiger partial charge in [-0.15, -0.1) is 0 Å². The SMILES string of the molecule is NC(=O)COc1ccc(/C=C/C(=O)N2CCCN(c3ccc(C(F)(F)F)cn3)CC2)cc1. The van der Waals surface area contributed by atoms with E-state index < -0.39 is 17.6 Å². The van der Waals surface area contributed by atoms with Crippen LogP contribution in [0.4, 0.5) is 19.0 Å². The molecule has 0 bridgehead atoms. The van der Waals surface area contributed by atoms with Crippen LogP contribution < -0.4 is 15.4 Å². The highest BCUT2D eigenvalue weighted by Gasteiger charge is 2.31. The fraction of sp³-hybridized carbons (Fsp3) is 0.318. The molecule has 1 aromatic heterocycles. The van der Waals surface area contributed by atoms with Gasteiger partial charge in [0.05, 0.1) is 5.56 Å². The first-order chi connectivity index (χ1) is 15.2. The molecule has 2 aromatic rings. The zero-order valence-corrected chi connectivity index (χ0v) is 17.2. The minimum absolute atomic E-state index is 0.152. The summed E-state index contributed by atoms with van der Waals surface area (Å²) >= 11 is 0. The van der Waals surface area contributed by atoms with Crippen molar-refractivity contribution < 1.29 is 27.5 Å². The predicted octanol–water partition coefficient (Wildman–Crippen LogP) is 2.72. The molecule has 1 saturated heterocycles. The van der Waals surface area contributed by atoms with E-state index in [1.165, 1.54) is 12.1 Å². The Kier molecular flexibility index (Phi) is 7.34. The van der Waals surface area contributed by atoms with Gasteiger partial charge in [0.15, 0.2) is 6.61 Å². The molecule has 32 heavy (non-hydrogen) atoms. The maximum atomic E-state index is 12.7. The summed E-state index contributed by atoms with van der Waals surface area (Å²) in [7, 11) is 0. The molecule has 1 aromatic carbocycles. The summed E-state index contributed by atoms with van der Waals surface area (Å²) in [5, 5.41) is 0. The zero-order chi connectivity index (χ0) is 23.1. The van der Waals surface area contributed by atoms with E-state index >= 15 is 0 Å². The van der Waals surface area contributed by atoms with E-state index in [1.54, 1.807) is 35.2 Å². The average Bonchev–Trinajstić information content (AvgIpc) is 3.02. The van der Waals surface area contributed by atoms with Crippen LogP contribution in [0.5, 0.6) is 5.75 Å². The second kappa shape index (κ2) is 10.2. The number of nitrogens with two attached hydrogens (primary N) is 1. The summed E-state index contributed by atoms with van der Waals surface area (Å²) in [6.45, 7) is 1.84. The monoisotopic (exact) mass is 448 g/mol. The van der Waals surface area contributed by atoms with Gasteiger partial charge in [-0.1, -0.05) is 12.1 Å². The number of anilines is 1. The molecule has 10 heteroatoms. The number of nitrogens with zero attached hydrogens (tertiary/aromatic N) is 3. The lowest BCUT2D eigenvalue weighted by atomic mass is 10.2. The first-order valence-corrected chi connectivity index (χ1v) is 9.99. The van der Waals surface area contributed by atoms with Gasteiger partial charge in [-0.05, 0) is 42.3 Å². The summed E-state index contributed by atoms with van der Waals surface area (Å²) in [6, 6.07) is 9.23. The van der Waals surface area contributed by atoms with Crippen LogP contribution in [-0.4, -0.2) is 54.5 Å². The molecule has 1 fully saturated rings. The summed E-state index contributed by atoms with van der Waals surface area (Å²) in [4.78, 5) is 30.8. The Bertz CT molecular complexity index is 960. The van der Waals surface area contributed by atoms with Gasteiger partial charge in [-0.2, -0.15) is 13.2 Å². The van der Waals surface area contributed by atoms with Crippen molar-refractivity contribution in [1.82, 2.24) is 9.88 Å². The molecule has 0 saturated carbocycles. The molecule has 2 N–H and O–H groups in total. The molecule has 3 rings (SSSR count). The number of pyridine rings is 1. The van der Waals surface area contributed by atoms with Gasteiger partial charge in [-0.3, -0.25) is 9.59 Å². The molecule has 7 nitrogen and oxygen atoms in total. The second-order valence-electron chi connectivity index (χ2n) is 7.23. The van der Waals surface area contributed by atoms with Crippen LogP contribution >= 0.6 is 0 Å². The largest absolute Gasteiger partial charge is 0.484 e. The average molecular weight is 448 g/mol. The van der Waals surface area contributed by atoms with Gasteiger partial charge in [0.2, 0.25) is 5.91 Å². The normalized spacial score (nSPS) is 15.0. The standard InChI is InChI=1S/C22H23F3N4O3/c23-22(24,25)17-5-8-20(27-14-17)28-10-1-11-29(13-12-28)21(31)9-4-16-2-6-18(7-3-16)32-15-19(26)30/h2-9,14H,1,10-13,15H2,(H2,26,30)/b9-4+. The zero-order valence-electron chi connectivity index (χ0n) is 17.2. The molecule has 2 heterocycles. The van der Waals surface area contributed by atoms with Crippen molar-refractivity contribution in [2.45, 2.75) is 12.6 Å². The third kappa shape index (κ3) is 6.47. The second-order valence-corrected chi connectivity index (χ2v) is 7.23. The number of ether oxygens (including phenoxy) is 1. The van der Waals surface area contributed by atoms with Crippen LogP contribution in [0.3, 0.4) is 0 Å². The van der Waals surface area contributed by atoms with E-state index in [-0.39, 0.29) is 12.5 Å². The van der Waals surface area contributed by atoms with Crippen molar-refractivity contribution in [2.75, 3.05) is 37.7 Å². The van der Waals surface area contributed by atoms with Crippen LogP contribution in [0, 0.1) is 0 Å². The fourth-order valence-corrected chi connectivity index (χ4v) is 3.21. The molecule has 1 aliphatic heterocycles. The summed E-state index contributed by atoms with van der Waals surface area (Å²) < 4.78 is 43.3. The highest BCUT2D eigenvalue weighted by atomic mass is 19.4. The fourth-order valence-electron chi connectivity index (χ4n) is 3.21. The van der Waals surface area contributed by atoms with Crippen molar-refractivity contribution in [3.8, 4) is 5.75 Å². The van der Waals surface area contributed by atoms with Crippen molar-refractivity contribution in [1.29, 1.82) is 0 Å². The minimum Gasteiger partial charge on any atom is -0.484 e. The molecule has 0 radical (unpaired) electrons. The molecule has 1 aliphatic rings. The van der Waals surface area contributed by atoms with Crippen molar-refractivity contribution in [2.24, 2.45) is 5.73 Å². The predicted molar refractivity (Wildman–Crippen MR) is 113 cm³/mol. The Labute approximate surface area is 183 Å². The third-order valence-electron chi connectivity index (χ3n) is 4.89. The number of benzene rings is 1. The summed E-state index contributed by atoms with van der Waals surface area (Å²) in [5.41, 5.74) is 5.03. The number of carbonyl (C=O) groups excluding carboxylic acids is 2. The number of primary amides is 1. The van der Waals surface area contributed by atoms with Crippen LogP contribution in [0.1, 0.15) is 17.5 Å². The topological polar surface area (TPSA) is 88.8 Å². The summed E-state index contributed by atoms with van der Waals surface area (Å²) in [6.07, 6.45) is 0.243. The number of amides is 2. The molecule has 0 atom stereocenters. The van der Waals surface area contributed by atoms with Crippen LogP contribution in [-0.2, 0) is 15.8 Å². The van der Waals surface area contributed by atoms with Gasteiger partial charge in [0, 0.05) is 38.5 Å². The Morgan fingerprint density at radius 1 is 1.06 bits per heavy atom. The maximum absolute atomic E-state index is 12.7. The lowest BCUT2D eigenvalue weighted by molar-refractivity contribution is -0.137. The van der Waals surface area contributed by atoms with Gasteiger partial charge in [0.25, 0.3) is 5.91 Å². The third-order valence-corrected chi connectivity index (χ3v) is 4.89. The molecule has 2 amide bonds. The highest BCUT2D eigenvalue weighted by Crippen LogP contribution is 2.29. The molecule has 170 valence electrons. The maximum Gasteiger partial charge on any atom is 0.417 e. The molecule has 0 unspecified atom stereocenters. The number of hydrogen-bond acceptors (Lipinski definition) is 5. The van der Waals surface area contributed by atoms with E-state index in [9.17, 15) is 22.8 Å². The quantitative estimate of drug-likeness (QED) is 0.687. The Morgan fingerprint density at radius 2 is 1.81 bits per heavy atom. The van der Waals surface area contributed by atoms with Crippen LogP contribution in [0.2, 0.25) is 0 Å². The van der Waals surface area contributed by atoms with Crippen molar-refractivity contribution in [3.05, 3.63) is 59.8 Å².